The van der Waals surface area contributed by atoms with Crippen LogP contribution in [0, 0.1) is 0 Å². The van der Waals surface area contributed by atoms with Gasteiger partial charge in [-0.25, -0.2) is 0 Å². The first-order valence-electron chi connectivity index (χ1n) is 18.8. The van der Waals surface area contributed by atoms with E-state index in [-0.39, 0.29) is 10.8 Å². The Morgan fingerprint density at radius 2 is 1.00 bits per heavy atom. The van der Waals surface area contributed by atoms with Crippen LogP contribution >= 0.6 is 0 Å². The van der Waals surface area contributed by atoms with Crippen molar-refractivity contribution in [3.05, 3.63) is 186 Å². The molecule has 0 radical (unpaired) electrons. The van der Waals surface area contributed by atoms with Crippen molar-refractivity contribution in [2.24, 2.45) is 0 Å². The van der Waals surface area contributed by atoms with Crippen LogP contribution < -0.4 is 4.90 Å². The van der Waals surface area contributed by atoms with E-state index >= 15 is 0 Å². The Balaban J connectivity index is 1.17. The van der Waals surface area contributed by atoms with Crippen LogP contribution in [0.1, 0.15) is 74.6 Å². The molecule has 0 unspecified atom stereocenters. The van der Waals surface area contributed by atoms with Gasteiger partial charge in [0.25, 0.3) is 0 Å². The lowest BCUT2D eigenvalue weighted by Crippen LogP contribution is -2.27. The van der Waals surface area contributed by atoms with E-state index in [4.69, 9.17) is 0 Å². The van der Waals surface area contributed by atoms with Crippen molar-refractivity contribution in [1.29, 1.82) is 0 Å². The first-order valence-corrected chi connectivity index (χ1v) is 18.8. The molecule has 0 aromatic heterocycles. The Morgan fingerprint density at radius 1 is 0.431 bits per heavy atom. The van der Waals surface area contributed by atoms with E-state index < -0.39 is 0 Å². The topological polar surface area (TPSA) is 3.24 Å². The molecular weight excluding hydrogens is 615 g/mol. The van der Waals surface area contributed by atoms with E-state index in [9.17, 15) is 0 Å². The highest BCUT2D eigenvalue weighted by Crippen LogP contribution is 2.51. The van der Waals surface area contributed by atoms with Gasteiger partial charge in [-0.05, 0) is 105 Å². The van der Waals surface area contributed by atoms with Gasteiger partial charge in [-0.3, -0.25) is 0 Å². The molecule has 1 heteroatoms. The number of nitrogens with zero attached hydrogens (tertiary/aromatic N) is 1. The average molecular weight is 660 g/mol. The molecule has 0 aliphatic heterocycles. The summed E-state index contributed by atoms with van der Waals surface area (Å²) in [6.45, 7) is 4.71. The number of rotatable bonds is 6. The molecule has 0 saturated heterocycles. The number of hydrogen-bond donors (Lipinski definition) is 0. The van der Waals surface area contributed by atoms with E-state index in [1.54, 1.807) is 0 Å². The maximum absolute atomic E-state index is 2.45. The van der Waals surface area contributed by atoms with E-state index in [0.717, 1.165) is 5.69 Å². The van der Waals surface area contributed by atoms with Gasteiger partial charge in [0.05, 0.1) is 0 Å². The summed E-state index contributed by atoms with van der Waals surface area (Å²) in [6.07, 6.45) is 7.62. The SMILES string of the molecule is CC1(C)c2ccccc2-c2cc(N(c3ccc(-c4cccc5ccccc45)cc3)c3ccc(C4(c5ccccc5)CCCCCC4)cc3)ccc21. The predicted octanol–water partition coefficient (Wildman–Crippen LogP) is 13.9. The van der Waals surface area contributed by atoms with Gasteiger partial charge in [0.15, 0.2) is 0 Å². The quantitative estimate of drug-likeness (QED) is 0.161. The minimum Gasteiger partial charge on any atom is -0.310 e. The first kappa shape index (κ1) is 31.6. The standard InChI is InChI=1S/C50H45N/c1-49(2)47-22-11-10-20-45(47)46-35-42(31-32-48(46)49)51(40-27-23-37(24-28-40)44-21-14-16-36-15-8-9-19-43(36)44)41-29-25-39(26-30-41)50(33-12-3-4-13-34-50)38-17-6-5-7-18-38/h5-11,14-32,35H,3-4,12-13,33-34H2,1-2H3. The van der Waals surface area contributed by atoms with E-state index in [0.29, 0.717) is 0 Å². The lowest BCUT2D eigenvalue weighted by molar-refractivity contribution is 0.446. The van der Waals surface area contributed by atoms with Crippen molar-refractivity contribution in [1.82, 2.24) is 0 Å². The number of fused-ring (bicyclic) bond motifs is 4. The summed E-state index contributed by atoms with van der Waals surface area (Å²) < 4.78 is 0. The minimum atomic E-state index is -0.0263. The zero-order valence-electron chi connectivity index (χ0n) is 29.8. The van der Waals surface area contributed by atoms with Crippen molar-refractivity contribution < 1.29 is 0 Å². The summed E-state index contributed by atoms with van der Waals surface area (Å²) in [5, 5.41) is 2.55. The highest BCUT2D eigenvalue weighted by Gasteiger charge is 2.36. The Morgan fingerprint density at radius 3 is 1.76 bits per heavy atom. The van der Waals surface area contributed by atoms with Crippen LogP contribution in [0.5, 0.6) is 0 Å². The van der Waals surface area contributed by atoms with Gasteiger partial charge in [0.1, 0.15) is 0 Å². The number of anilines is 3. The van der Waals surface area contributed by atoms with Gasteiger partial charge in [-0.15, -0.1) is 0 Å². The minimum absolute atomic E-state index is 0.0263. The third kappa shape index (κ3) is 5.38. The van der Waals surface area contributed by atoms with E-state index in [1.165, 1.54) is 105 Å². The molecule has 250 valence electrons. The highest BCUT2D eigenvalue weighted by molar-refractivity contribution is 5.97. The summed E-state index contributed by atoms with van der Waals surface area (Å²) in [4.78, 5) is 2.45. The second kappa shape index (κ2) is 12.7. The van der Waals surface area contributed by atoms with Gasteiger partial charge in [-0.1, -0.05) is 167 Å². The fraction of sp³-hybridized carbons (Fsp3) is 0.200. The van der Waals surface area contributed by atoms with Gasteiger partial charge in [-0.2, -0.15) is 0 Å². The summed E-state index contributed by atoms with van der Waals surface area (Å²) in [7, 11) is 0. The van der Waals surface area contributed by atoms with Crippen molar-refractivity contribution >= 4 is 27.8 Å². The Kier molecular flexibility index (Phi) is 7.88. The Hall–Kier alpha value is -5.40. The molecule has 1 saturated carbocycles. The molecule has 51 heavy (non-hydrogen) atoms. The number of benzene rings is 7. The lowest BCUT2D eigenvalue weighted by atomic mass is 9.69. The highest BCUT2D eigenvalue weighted by atomic mass is 15.1. The van der Waals surface area contributed by atoms with Crippen molar-refractivity contribution in [3.63, 3.8) is 0 Å². The van der Waals surface area contributed by atoms with Crippen LogP contribution in [0.3, 0.4) is 0 Å². The maximum Gasteiger partial charge on any atom is 0.0468 e. The normalized spacial score (nSPS) is 15.9. The van der Waals surface area contributed by atoms with Crippen molar-refractivity contribution in [2.75, 3.05) is 4.90 Å². The van der Waals surface area contributed by atoms with Crippen LogP contribution in [0.15, 0.2) is 164 Å². The Labute approximate surface area is 303 Å². The largest absolute Gasteiger partial charge is 0.310 e. The molecule has 7 aromatic carbocycles. The molecule has 2 aliphatic rings. The predicted molar refractivity (Wildman–Crippen MR) is 217 cm³/mol. The van der Waals surface area contributed by atoms with Gasteiger partial charge in [0.2, 0.25) is 0 Å². The lowest BCUT2D eigenvalue weighted by Gasteiger charge is -2.35. The van der Waals surface area contributed by atoms with Crippen LogP contribution in [0.25, 0.3) is 33.0 Å². The molecule has 0 N–H and O–H groups in total. The molecule has 9 rings (SSSR count). The third-order valence-corrected chi connectivity index (χ3v) is 12.0. The van der Waals surface area contributed by atoms with Crippen LogP contribution in [0.2, 0.25) is 0 Å². The molecule has 0 amide bonds. The maximum atomic E-state index is 2.45. The van der Waals surface area contributed by atoms with E-state index in [1.807, 2.05) is 0 Å². The molecule has 0 heterocycles. The summed E-state index contributed by atoms with van der Waals surface area (Å²) in [6, 6.07) is 61.4. The molecule has 0 spiro atoms. The molecule has 0 bridgehead atoms. The van der Waals surface area contributed by atoms with E-state index in [2.05, 4.69) is 183 Å². The van der Waals surface area contributed by atoms with Gasteiger partial charge >= 0.3 is 0 Å². The van der Waals surface area contributed by atoms with Crippen molar-refractivity contribution in [2.45, 2.75) is 63.2 Å². The molecule has 2 aliphatic carbocycles. The summed E-state index contributed by atoms with van der Waals surface area (Å²) in [5.74, 6) is 0. The first-order chi connectivity index (χ1) is 25.0. The fourth-order valence-electron chi connectivity index (χ4n) is 9.32. The van der Waals surface area contributed by atoms with Crippen molar-refractivity contribution in [3.8, 4) is 22.3 Å². The fourth-order valence-corrected chi connectivity index (χ4v) is 9.32. The average Bonchev–Trinajstić information content (AvgIpc) is 3.32. The zero-order chi connectivity index (χ0) is 34.4. The summed E-state index contributed by atoms with van der Waals surface area (Å²) in [5.41, 5.74) is 14.4. The van der Waals surface area contributed by atoms with Crippen LogP contribution in [-0.2, 0) is 10.8 Å². The molecule has 1 fully saturated rings. The monoisotopic (exact) mass is 659 g/mol. The zero-order valence-corrected chi connectivity index (χ0v) is 29.8. The third-order valence-electron chi connectivity index (χ3n) is 12.0. The number of hydrogen-bond acceptors (Lipinski definition) is 1. The van der Waals surface area contributed by atoms with Gasteiger partial charge < -0.3 is 4.90 Å². The second-order valence-electron chi connectivity index (χ2n) is 15.2. The van der Waals surface area contributed by atoms with Crippen LogP contribution in [0.4, 0.5) is 17.1 Å². The molecule has 1 nitrogen and oxygen atoms in total. The second-order valence-corrected chi connectivity index (χ2v) is 15.2. The molecule has 0 atom stereocenters. The molecule has 7 aromatic rings. The molecular formula is C50H45N. The summed E-state index contributed by atoms with van der Waals surface area (Å²) >= 11 is 0. The smallest absolute Gasteiger partial charge is 0.0468 e. The van der Waals surface area contributed by atoms with Gasteiger partial charge in [0, 0.05) is 27.9 Å². The Bertz CT molecular complexity index is 2320. The van der Waals surface area contributed by atoms with Crippen LogP contribution in [-0.4, -0.2) is 0 Å².